The summed E-state index contributed by atoms with van der Waals surface area (Å²) in [6, 6.07) is 24.4. The summed E-state index contributed by atoms with van der Waals surface area (Å²) in [5.41, 5.74) is 3.69. The molecule has 2 unspecified atom stereocenters. The Morgan fingerprint density at radius 3 is 2.44 bits per heavy atom. The molecule has 4 rings (SSSR count). The lowest BCUT2D eigenvalue weighted by atomic mass is 9.87. The summed E-state index contributed by atoms with van der Waals surface area (Å²) >= 11 is 0. The van der Waals surface area contributed by atoms with Crippen LogP contribution in [0.4, 0.5) is 5.69 Å². The molecular weight excluding hydrogens is 426 g/mol. The van der Waals surface area contributed by atoms with Crippen LogP contribution in [-0.4, -0.2) is 25.4 Å². The molecule has 34 heavy (non-hydrogen) atoms. The van der Waals surface area contributed by atoms with Crippen LogP contribution in [0.25, 0.3) is 0 Å². The Morgan fingerprint density at radius 2 is 1.74 bits per heavy atom. The van der Waals surface area contributed by atoms with Gasteiger partial charge in [-0.3, -0.25) is 0 Å². The van der Waals surface area contributed by atoms with E-state index in [1.165, 1.54) is 5.56 Å². The highest BCUT2D eigenvalue weighted by Crippen LogP contribution is 2.44. The second-order valence-electron chi connectivity index (χ2n) is 8.92. The molecule has 5 heteroatoms. The van der Waals surface area contributed by atoms with Crippen LogP contribution >= 0.6 is 0 Å². The lowest BCUT2D eigenvalue weighted by Crippen LogP contribution is -2.51. The van der Waals surface area contributed by atoms with Crippen molar-refractivity contribution in [2.45, 2.75) is 44.8 Å². The van der Waals surface area contributed by atoms with Crippen LogP contribution in [0, 0.1) is 0 Å². The number of rotatable bonds is 10. The number of fused-ring (bicyclic) bond motifs is 1. The zero-order valence-electron chi connectivity index (χ0n) is 20.1. The number of anilines is 1. The Kier molecular flexibility index (Phi) is 7.56. The largest absolute Gasteiger partial charge is 0.497 e. The van der Waals surface area contributed by atoms with Gasteiger partial charge in [-0.15, -0.1) is 6.58 Å². The van der Waals surface area contributed by atoms with E-state index >= 15 is 0 Å². The van der Waals surface area contributed by atoms with Gasteiger partial charge in [0.25, 0.3) is 0 Å². The van der Waals surface area contributed by atoms with Gasteiger partial charge in [-0.25, -0.2) is 0 Å². The Bertz CT molecular complexity index is 1080. The fraction of sp³-hybridized carbons (Fsp3) is 0.310. The maximum atomic E-state index is 6.50. The number of ether oxygens (including phenoxy) is 4. The summed E-state index contributed by atoms with van der Waals surface area (Å²) in [6.45, 7) is 9.49. The van der Waals surface area contributed by atoms with E-state index < -0.39 is 5.60 Å². The van der Waals surface area contributed by atoms with Crippen LogP contribution in [-0.2, 0) is 22.6 Å². The molecule has 0 spiro atoms. The standard InChI is InChI=1S/C29H33NO4/c1-5-17-32-28-27(33-20-22-9-7-6-8-10-22)25-18-23(13-16-26(25)34-29(28,2)3)30-19-21-11-14-24(31-4)15-12-21/h5-16,18,27-28,30H,1,17,19-20H2,2-4H3. The third-order valence-electron chi connectivity index (χ3n) is 5.97. The topological polar surface area (TPSA) is 49.0 Å². The number of benzene rings is 3. The Balaban J connectivity index is 1.58. The van der Waals surface area contributed by atoms with Crippen molar-refractivity contribution in [3.8, 4) is 11.5 Å². The molecule has 0 aliphatic carbocycles. The molecule has 1 aliphatic rings. The van der Waals surface area contributed by atoms with Crippen molar-refractivity contribution < 1.29 is 18.9 Å². The van der Waals surface area contributed by atoms with Gasteiger partial charge in [0.05, 0.1) is 20.3 Å². The van der Waals surface area contributed by atoms with Crippen LogP contribution in [0.1, 0.15) is 36.6 Å². The van der Waals surface area contributed by atoms with Gasteiger partial charge >= 0.3 is 0 Å². The lowest BCUT2D eigenvalue weighted by Gasteiger charge is -2.44. The van der Waals surface area contributed by atoms with Crippen molar-refractivity contribution in [2.75, 3.05) is 19.0 Å². The second-order valence-corrected chi connectivity index (χ2v) is 8.92. The third-order valence-corrected chi connectivity index (χ3v) is 5.97. The maximum Gasteiger partial charge on any atom is 0.132 e. The molecule has 1 heterocycles. The van der Waals surface area contributed by atoms with E-state index in [9.17, 15) is 0 Å². The van der Waals surface area contributed by atoms with E-state index in [4.69, 9.17) is 18.9 Å². The van der Waals surface area contributed by atoms with Crippen molar-refractivity contribution in [3.63, 3.8) is 0 Å². The number of methoxy groups -OCH3 is 1. The van der Waals surface area contributed by atoms with Gasteiger partial charge in [-0.1, -0.05) is 48.5 Å². The molecule has 3 aromatic rings. The molecule has 5 nitrogen and oxygen atoms in total. The molecular formula is C29H33NO4. The average Bonchev–Trinajstić information content (AvgIpc) is 2.86. The van der Waals surface area contributed by atoms with Gasteiger partial charge < -0.3 is 24.3 Å². The monoisotopic (exact) mass is 459 g/mol. The molecule has 0 saturated heterocycles. The smallest absolute Gasteiger partial charge is 0.132 e. The summed E-state index contributed by atoms with van der Waals surface area (Å²) in [5.74, 6) is 1.66. The molecule has 0 radical (unpaired) electrons. The van der Waals surface area contributed by atoms with Crippen LogP contribution in [0.5, 0.6) is 11.5 Å². The third kappa shape index (κ3) is 5.61. The van der Waals surface area contributed by atoms with E-state index in [0.717, 1.165) is 28.3 Å². The van der Waals surface area contributed by atoms with Crippen molar-refractivity contribution >= 4 is 5.69 Å². The lowest BCUT2D eigenvalue weighted by molar-refractivity contribution is -0.161. The Morgan fingerprint density at radius 1 is 0.971 bits per heavy atom. The van der Waals surface area contributed by atoms with Crippen molar-refractivity contribution in [1.29, 1.82) is 0 Å². The minimum Gasteiger partial charge on any atom is -0.497 e. The van der Waals surface area contributed by atoms with Crippen molar-refractivity contribution in [1.82, 2.24) is 0 Å². The molecule has 1 N–H and O–H groups in total. The Labute approximate surface area is 202 Å². The fourth-order valence-corrected chi connectivity index (χ4v) is 4.19. The summed E-state index contributed by atoms with van der Waals surface area (Å²) in [6.07, 6.45) is 1.17. The van der Waals surface area contributed by atoms with E-state index in [1.807, 2.05) is 56.3 Å². The zero-order valence-corrected chi connectivity index (χ0v) is 20.1. The number of hydrogen-bond acceptors (Lipinski definition) is 5. The van der Waals surface area contributed by atoms with Gasteiger partial charge in [-0.2, -0.15) is 0 Å². The summed E-state index contributed by atoms with van der Waals surface area (Å²) in [7, 11) is 1.67. The Hall–Kier alpha value is -3.28. The minimum atomic E-state index is -0.560. The van der Waals surface area contributed by atoms with Crippen LogP contribution in [0.3, 0.4) is 0 Å². The predicted octanol–water partition coefficient (Wildman–Crippen LogP) is 6.31. The SMILES string of the molecule is C=CCOC1C(OCc2ccccc2)c2cc(NCc3ccc(OC)cc3)ccc2OC1(C)C. The molecule has 0 saturated carbocycles. The van der Waals surface area contributed by atoms with Crippen LogP contribution in [0.15, 0.2) is 85.5 Å². The zero-order chi connectivity index (χ0) is 24.0. The summed E-state index contributed by atoms with van der Waals surface area (Å²) in [4.78, 5) is 0. The fourth-order valence-electron chi connectivity index (χ4n) is 4.19. The first-order valence-corrected chi connectivity index (χ1v) is 11.6. The summed E-state index contributed by atoms with van der Waals surface area (Å²) in [5, 5.41) is 3.51. The van der Waals surface area contributed by atoms with Gasteiger partial charge in [0, 0.05) is 17.8 Å². The molecule has 0 fully saturated rings. The van der Waals surface area contributed by atoms with E-state index in [-0.39, 0.29) is 12.2 Å². The molecule has 2 atom stereocenters. The molecule has 3 aromatic carbocycles. The number of nitrogens with one attached hydrogen (secondary N) is 1. The van der Waals surface area contributed by atoms with Crippen LogP contribution < -0.4 is 14.8 Å². The van der Waals surface area contributed by atoms with E-state index in [0.29, 0.717) is 19.8 Å². The second kappa shape index (κ2) is 10.8. The average molecular weight is 460 g/mol. The highest BCUT2D eigenvalue weighted by molar-refractivity contribution is 5.54. The van der Waals surface area contributed by atoms with Crippen molar-refractivity contribution in [3.05, 3.63) is 102 Å². The first-order valence-electron chi connectivity index (χ1n) is 11.6. The molecule has 178 valence electrons. The molecule has 0 amide bonds. The molecule has 1 aliphatic heterocycles. The number of hydrogen-bond donors (Lipinski definition) is 1. The van der Waals surface area contributed by atoms with Gasteiger partial charge in [-0.05, 0) is 55.3 Å². The van der Waals surface area contributed by atoms with E-state index in [2.05, 4.69) is 42.2 Å². The maximum absolute atomic E-state index is 6.50. The van der Waals surface area contributed by atoms with Gasteiger partial charge in [0.2, 0.25) is 0 Å². The molecule has 0 bridgehead atoms. The van der Waals surface area contributed by atoms with Crippen LogP contribution in [0.2, 0.25) is 0 Å². The van der Waals surface area contributed by atoms with E-state index in [1.54, 1.807) is 13.2 Å². The quantitative estimate of drug-likeness (QED) is 0.360. The minimum absolute atomic E-state index is 0.290. The molecule has 0 aromatic heterocycles. The highest BCUT2D eigenvalue weighted by Gasteiger charge is 2.45. The summed E-state index contributed by atoms with van der Waals surface area (Å²) < 4.78 is 24.3. The predicted molar refractivity (Wildman–Crippen MR) is 135 cm³/mol. The van der Waals surface area contributed by atoms with Crippen molar-refractivity contribution in [2.24, 2.45) is 0 Å². The van der Waals surface area contributed by atoms with Gasteiger partial charge in [0.15, 0.2) is 0 Å². The highest BCUT2D eigenvalue weighted by atomic mass is 16.6. The first kappa shape index (κ1) is 23.9. The first-order chi connectivity index (χ1) is 16.5. The van der Waals surface area contributed by atoms with Gasteiger partial charge in [0.1, 0.15) is 29.3 Å². The normalized spacial score (nSPS) is 18.4.